The van der Waals surface area contributed by atoms with Crippen LogP contribution in [0.2, 0.25) is 0 Å². The summed E-state index contributed by atoms with van der Waals surface area (Å²) in [5.74, 6) is 0.442. The molecule has 0 N–H and O–H groups in total. The number of hydrogen-bond donors (Lipinski definition) is 0. The van der Waals surface area contributed by atoms with Crippen molar-refractivity contribution in [3.63, 3.8) is 0 Å². The van der Waals surface area contributed by atoms with E-state index >= 15 is 0 Å². The minimum absolute atomic E-state index is 0.187. The molecule has 2 rings (SSSR count). The number of rotatable bonds is 3. The van der Waals surface area contributed by atoms with Gasteiger partial charge in [-0.3, -0.25) is 4.79 Å². The number of methoxy groups -OCH3 is 1. The van der Waals surface area contributed by atoms with Gasteiger partial charge in [-0.2, -0.15) is 13.2 Å². The molecule has 5 heteroatoms. The molecule has 1 aromatic carbocycles. The number of carbonyl (C=O) groups excluding carboxylic acids is 1. The molecule has 0 radical (unpaired) electrons. The first-order valence-electron chi connectivity index (χ1n) is 7.14. The minimum atomic E-state index is -4.28. The molecule has 1 fully saturated rings. The lowest BCUT2D eigenvalue weighted by Gasteiger charge is -2.28. The zero-order chi connectivity index (χ0) is 15.5. The predicted octanol–water partition coefficient (Wildman–Crippen LogP) is 4.54. The van der Waals surface area contributed by atoms with Crippen molar-refractivity contribution in [3.05, 3.63) is 35.4 Å². The molecule has 1 aliphatic carbocycles. The lowest BCUT2D eigenvalue weighted by molar-refractivity contribution is -0.142. The molecule has 0 atom stereocenters. The summed E-state index contributed by atoms with van der Waals surface area (Å²) in [6.07, 6.45) is -0.186. The molecule has 116 valence electrons. The number of hydrogen-bond acceptors (Lipinski definition) is 2. The molecule has 0 saturated heterocycles. The van der Waals surface area contributed by atoms with E-state index in [1.807, 2.05) is 0 Å². The maximum absolute atomic E-state index is 12.5. The van der Waals surface area contributed by atoms with Crippen LogP contribution in [0.3, 0.4) is 0 Å². The molecule has 0 bridgehead atoms. The van der Waals surface area contributed by atoms with E-state index in [1.165, 1.54) is 7.11 Å². The van der Waals surface area contributed by atoms with Gasteiger partial charge in [-0.1, -0.05) is 12.1 Å². The minimum Gasteiger partial charge on any atom is -0.469 e. The van der Waals surface area contributed by atoms with Crippen molar-refractivity contribution in [2.45, 2.75) is 44.2 Å². The maximum atomic E-state index is 12.5. The molecule has 1 saturated carbocycles. The summed E-state index contributed by atoms with van der Waals surface area (Å²) in [7, 11) is 1.39. The Labute approximate surface area is 122 Å². The van der Waals surface area contributed by atoms with Crippen molar-refractivity contribution in [2.24, 2.45) is 5.92 Å². The van der Waals surface area contributed by atoms with Crippen LogP contribution in [0.4, 0.5) is 13.2 Å². The van der Waals surface area contributed by atoms with Gasteiger partial charge in [0.25, 0.3) is 0 Å². The van der Waals surface area contributed by atoms with Crippen LogP contribution in [0.25, 0.3) is 0 Å². The van der Waals surface area contributed by atoms with E-state index in [0.29, 0.717) is 18.3 Å². The molecule has 0 aliphatic heterocycles. The summed E-state index contributed by atoms with van der Waals surface area (Å²) in [5, 5.41) is 0. The van der Waals surface area contributed by atoms with Crippen LogP contribution in [0, 0.1) is 5.92 Å². The lowest BCUT2D eigenvalue weighted by atomic mass is 9.77. The van der Waals surface area contributed by atoms with Gasteiger partial charge < -0.3 is 4.74 Å². The van der Waals surface area contributed by atoms with E-state index in [1.54, 1.807) is 12.1 Å². The normalized spacial score (nSPS) is 22.9. The highest BCUT2D eigenvalue weighted by atomic mass is 19.4. The molecule has 2 nitrogen and oxygen atoms in total. The molecule has 0 unspecified atom stereocenters. The first-order valence-corrected chi connectivity index (χ1v) is 7.14. The fourth-order valence-electron chi connectivity index (χ4n) is 2.96. The Morgan fingerprint density at radius 2 is 1.71 bits per heavy atom. The fraction of sp³-hybridized carbons (Fsp3) is 0.562. The average Bonchev–Trinajstić information content (AvgIpc) is 2.47. The topological polar surface area (TPSA) is 26.3 Å². The zero-order valence-electron chi connectivity index (χ0n) is 12.0. The number of ether oxygens (including phenoxy) is 1. The van der Waals surface area contributed by atoms with E-state index in [9.17, 15) is 18.0 Å². The second-order valence-electron chi connectivity index (χ2n) is 5.62. The van der Waals surface area contributed by atoms with E-state index in [2.05, 4.69) is 4.74 Å². The Morgan fingerprint density at radius 1 is 1.14 bits per heavy atom. The maximum Gasteiger partial charge on any atom is 0.416 e. The smallest absolute Gasteiger partial charge is 0.416 e. The van der Waals surface area contributed by atoms with Gasteiger partial charge in [-0.15, -0.1) is 0 Å². The average molecular weight is 300 g/mol. The van der Waals surface area contributed by atoms with Crippen LogP contribution in [0.5, 0.6) is 0 Å². The summed E-state index contributed by atoms with van der Waals surface area (Å²) in [4.78, 5) is 11.2. The van der Waals surface area contributed by atoms with Crippen LogP contribution >= 0.6 is 0 Å². The van der Waals surface area contributed by atoms with Gasteiger partial charge in [-0.25, -0.2) is 0 Å². The number of alkyl halides is 3. The first kappa shape index (κ1) is 15.9. The molecule has 0 heterocycles. The largest absolute Gasteiger partial charge is 0.469 e. The van der Waals surface area contributed by atoms with Gasteiger partial charge >= 0.3 is 12.1 Å². The van der Waals surface area contributed by atoms with Gasteiger partial charge in [0.2, 0.25) is 0 Å². The molecular weight excluding hydrogens is 281 g/mol. The monoisotopic (exact) mass is 300 g/mol. The fourth-order valence-corrected chi connectivity index (χ4v) is 2.96. The second kappa shape index (κ2) is 6.50. The van der Waals surface area contributed by atoms with Crippen LogP contribution in [0.1, 0.15) is 49.1 Å². The van der Waals surface area contributed by atoms with Crippen LogP contribution in [-0.2, 0) is 15.7 Å². The predicted molar refractivity (Wildman–Crippen MR) is 72.8 cm³/mol. The van der Waals surface area contributed by atoms with Crippen molar-refractivity contribution in [1.82, 2.24) is 0 Å². The Hall–Kier alpha value is -1.52. The van der Waals surface area contributed by atoms with Gasteiger partial charge in [0, 0.05) is 6.42 Å². The van der Waals surface area contributed by atoms with Crippen LogP contribution < -0.4 is 0 Å². The summed E-state index contributed by atoms with van der Waals surface area (Å²) < 4.78 is 42.2. The summed E-state index contributed by atoms with van der Waals surface area (Å²) in [6, 6.07) is 5.45. The molecular formula is C16H19F3O2. The molecule has 0 aromatic heterocycles. The highest BCUT2D eigenvalue weighted by Crippen LogP contribution is 2.38. The number of halogens is 3. The SMILES string of the molecule is COC(=O)CC1CCC(c2ccc(C(F)(F)F)cc2)CC1. The first-order chi connectivity index (χ1) is 9.90. The Balaban J connectivity index is 1.92. The van der Waals surface area contributed by atoms with E-state index in [4.69, 9.17) is 0 Å². The highest BCUT2D eigenvalue weighted by Gasteiger charge is 2.30. The molecule has 1 aliphatic rings. The van der Waals surface area contributed by atoms with Crippen LogP contribution in [0.15, 0.2) is 24.3 Å². The summed E-state index contributed by atoms with van der Waals surface area (Å²) >= 11 is 0. The number of esters is 1. The Morgan fingerprint density at radius 3 is 2.19 bits per heavy atom. The molecule has 0 amide bonds. The third-order valence-corrected chi connectivity index (χ3v) is 4.24. The zero-order valence-corrected chi connectivity index (χ0v) is 12.0. The molecule has 1 aromatic rings. The van der Waals surface area contributed by atoms with Gasteiger partial charge in [0.15, 0.2) is 0 Å². The summed E-state index contributed by atoms with van der Waals surface area (Å²) in [6.45, 7) is 0. The standard InChI is InChI=1S/C16H19F3O2/c1-21-15(20)10-11-2-4-12(5-3-11)13-6-8-14(9-7-13)16(17,18)19/h6-9,11-12H,2-5,10H2,1H3. The number of carbonyl (C=O) groups is 1. The Bertz CT molecular complexity index is 471. The van der Waals surface area contributed by atoms with Gasteiger partial charge in [0.1, 0.15) is 0 Å². The van der Waals surface area contributed by atoms with Crippen molar-refractivity contribution >= 4 is 5.97 Å². The van der Waals surface area contributed by atoms with Crippen molar-refractivity contribution < 1.29 is 22.7 Å². The van der Waals surface area contributed by atoms with Crippen LogP contribution in [-0.4, -0.2) is 13.1 Å². The van der Waals surface area contributed by atoms with Gasteiger partial charge in [0.05, 0.1) is 12.7 Å². The Kier molecular flexibility index (Phi) is 4.91. The van der Waals surface area contributed by atoms with Crippen molar-refractivity contribution in [2.75, 3.05) is 7.11 Å². The second-order valence-corrected chi connectivity index (χ2v) is 5.62. The number of benzene rings is 1. The molecule has 0 spiro atoms. The molecule has 21 heavy (non-hydrogen) atoms. The third kappa shape index (κ3) is 4.22. The van der Waals surface area contributed by atoms with E-state index < -0.39 is 11.7 Å². The van der Waals surface area contributed by atoms with Gasteiger partial charge in [-0.05, 0) is 55.2 Å². The van der Waals surface area contributed by atoms with Crippen molar-refractivity contribution in [1.29, 1.82) is 0 Å². The van der Waals surface area contributed by atoms with E-state index in [0.717, 1.165) is 43.4 Å². The lowest BCUT2D eigenvalue weighted by Crippen LogP contribution is -2.17. The van der Waals surface area contributed by atoms with E-state index in [-0.39, 0.29) is 5.97 Å². The highest BCUT2D eigenvalue weighted by molar-refractivity contribution is 5.69. The quantitative estimate of drug-likeness (QED) is 0.766. The third-order valence-electron chi connectivity index (χ3n) is 4.24. The van der Waals surface area contributed by atoms with Crippen molar-refractivity contribution in [3.8, 4) is 0 Å². The summed E-state index contributed by atoms with van der Waals surface area (Å²) in [5.41, 5.74) is 0.352.